The molecule has 1 aromatic heterocycles. The summed E-state index contributed by atoms with van der Waals surface area (Å²) in [4.78, 5) is 0.126. The van der Waals surface area contributed by atoms with Crippen LogP contribution in [0.2, 0.25) is 0 Å². The number of thiophene rings is 1. The molecule has 0 N–H and O–H groups in total. The first kappa shape index (κ1) is 11.3. The van der Waals surface area contributed by atoms with Gasteiger partial charge < -0.3 is 0 Å². The standard InChI is InChI=1S/C11H7Br2FS/c12-10-5-8(6-15-10)11(13)7-1-3-9(14)4-2-7/h1-6,11H. The molecule has 0 aliphatic heterocycles. The third kappa shape index (κ3) is 2.68. The van der Waals surface area contributed by atoms with E-state index >= 15 is 0 Å². The number of hydrogen-bond acceptors (Lipinski definition) is 1. The molecule has 1 aromatic carbocycles. The quantitative estimate of drug-likeness (QED) is 0.659. The third-order valence-electron chi connectivity index (χ3n) is 2.04. The fraction of sp³-hybridized carbons (Fsp3) is 0.0909. The van der Waals surface area contributed by atoms with Gasteiger partial charge in [-0.1, -0.05) is 28.1 Å². The van der Waals surface area contributed by atoms with Gasteiger partial charge in [-0.05, 0) is 50.6 Å². The fourth-order valence-electron chi connectivity index (χ4n) is 1.28. The second kappa shape index (κ2) is 4.76. The van der Waals surface area contributed by atoms with Gasteiger partial charge in [0.15, 0.2) is 0 Å². The Morgan fingerprint density at radius 3 is 2.33 bits per heavy atom. The van der Waals surface area contributed by atoms with Crippen LogP contribution in [0.25, 0.3) is 0 Å². The minimum absolute atomic E-state index is 0.126. The van der Waals surface area contributed by atoms with Crippen molar-refractivity contribution in [3.63, 3.8) is 0 Å². The van der Waals surface area contributed by atoms with E-state index in [4.69, 9.17) is 0 Å². The molecule has 15 heavy (non-hydrogen) atoms. The van der Waals surface area contributed by atoms with Gasteiger partial charge in [-0.15, -0.1) is 11.3 Å². The number of hydrogen-bond donors (Lipinski definition) is 0. The van der Waals surface area contributed by atoms with Gasteiger partial charge in [-0.3, -0.25) is 0 Å². The van der Waals surface area contributed by atoms with Crippen LogP contribution in [0, 0.1) is 5.82 Å². The van der Waals surface area contributed by atoms with Crippen LogP contribution < -0.4 is 0 Å². The molecule has 1 atom stereocenters. The van der Waals surface area contributed by atoms with Gasteiger partial charge in [-0.25, -0.2) is 4.39 Å². The molecule has 0 bridgehead atoms. The summed E-state index contributed by atoms with van der Waals surface area (Å²) in [5, 5.41) is 2.08. The summed E-state index contributed by atoms with van der Waals surface area (Å²) in [5.74, 6) is -0.204. The van der Waals surface area contributed by atoms with Crippen LogP contribution in [-0.4, -0.2) is 0 Å². The minimum atomic E-state index is -0.204. The molecule has 0 fully saturated rings. The molecule has 2 rings (SSSR count). The van der Waals surface area contributed by atoms with Gasteiger partial charge >= 0.3 is 0 Å². The van der Waals surface area contributed by atoms with E-state index in [1.54, 1.807) is 23.5 Å². The van der Waals surface area contributed by atoms with Crippen molar-refractivity contribution < 1.29 is 4.39 Å². The van der Waals surface area contributed by atoms with Gasteiger partial charge in [0.05, 0.1) is 8.61 Å². The lowest BCUT2D eigenvalue weighted by molar-refractivity contribution is 0.627. The Balaban J connectivity index is 2.28. The van der Waals surface area contributed by atoms with E-state index in [9.17, 15) is 4.39 Å². The van der Waals surface area contributed by atoms with Crippen molar-refractivity contribution in [2.24, 2.45) is 0 Å². The topological polar surface area (TPSA) is 0 Å². The molecule has 0 saturated heterocycles. The average Bonchev–Trinajstić information content (AvgIpc) is 2.65. The predicted molar refractivity (Wildman–Crippen MR) is 69.2 cm³/mol. The van der Waals surface area contributed by atoms with Crippen LogP contribution in [0.3, 0.4) is 0 Å². The lowest BCUT2D eigenvalue weighted by Crippen LogP contribution is -1.90. The van der Waals surface area contributed by atoms with Crippen LogP contribution in [-0.2, 0) is 0 Å². The highest BCUT2D eigenvalue weighted by molar-refractivity contribution is 9.11. The molecule has 1 heterocycles. The first-order valence-corrected chi connectivity index (χ1v) is 6.89. The number of benzene rings is 1. The second-order valence-corrected chi connectivity index (χ2v) is 6.30. The van der Waals surface area contributed by atoms with Crippen LogP contribution in [0.15, 0.2) is 39.5 Å². The van der Waals surface area contributed by atoms with Crippen molar-refractivity contribution >= 4 is 43.2 Å². The highest BCUT2D eigenvalue weighted by Gasteiger charge is 2.11. The Labute approximate surface area is 108 Å². The Morgan fingerprint density at radius 1 is 1.13 bits per heavy atom. The maximum Gasteiger partial charge on any atom is 0.123 e. The molecule has 1 unspecified atom stereocenters. The van der Waals surface area contributed by atoms with Gasteiger partial charge in [0.25, 0.3) is 0 Å². The SMILES string of the molecule is Fc1ccc(C(Br)c2csc(Br)c2)cc1. The van der Waals surface area contributed by atoms with Crippen LogP contribution in [0.4, 0.5) is 4.39 Å². The molecule has 0 aliphatic rings. The Kier molecular flexibility index (Phi) is 3.59. The van der Waals surface area contributed by atoms with E-state index in [1.807, 2.05) is 0 Å². The molecule has 0 amide bonds. The lowest BCUT2D eigenvalue weighted by atomic mass is 10.1. The molecule has 0 radical (unpaired) electrons. The zero-order valence-corrected chi connectivity index (χ0v) is 11.6. The molecule has 2 aromatic rings. The summed E-state index contributed by atoms with van der Waals surface area (Å²) < 4.78 is 13.8. The summed E-state index contributed by atoms with van der Waals surface area (Å²) in [6.45, 7) is 0. The minimum Gasteiger partial charge on any atom is -0.207 e. The summed E-state index contributed by atoms with van der Waals surface area (Å²) in [5.41, 5.74) is 2.24. The summed E-state index contributed by atoms with van der Waals surface area (Å²) in [7, 11) is 0. The van der Waals surface area contributed by atoms with Crippen molar-refractivity contribution in [2.45, 2.75) is 4.83 Å². The fourth-order valence-corrected chi connectivity index (χ4v) is 3.23. The normalized spacial score (nSPS) is 12.7. The highest BCUT2D eigenvalue weighted by Crippen LogP contribution is 2.35. The maximum absolute atomic E-state index is 12.7. The maximum atomic E-state index is 12.7. The highest BCUT2D eigenvalue weighted by atomic mass is 79.9. The van der Waals surface area contributed by atoms with E-state index in [0.29, 0.717) is 0 Å². The van der Waals surface area contributed by atoms with E-state index in [1.165, 1.54) is 17.7 Å². The number of halogens is 3. The first-order valence-electron chi connectivity index (χ1n) is 4.30. The zero-order chi connectivity index (χ0) is 10.8. The Morgan fingerprint density at radius 2 is 1.80 bits per heavy atom. The van der Waals surface area contributed by atoms with Crippen molar-refractivity contribution in [3.8, 4) is 0 Å². The summed E-state index contributed by atoms with van der Waals surface area (Å²) >= 11 is 8.66. The smallest absolute Gasteiger partial charge is 0.123 e. The van der Waals surface area contributed by atoms with Crippen molar-refractivity contribution in [1.29, 1.82) is 0 Å². The van der Waals surface area contributed by atoms with Crippen molar-refractivity contribution in [2.75, 3.05) is 0 Å². The predicted octanol–water partition coefficient (Wildman–Crippen LogP) is 5.13. The van der Waals surface area contributed by atoms with Gasteiger partial charge in [0.1, 0.15) is 5.82 Å². The monoisotopic (exact) mass is 348 g/mol. The molecule has 0 spiro atoms. The average molecular weight is 350 g/mol. The zero-order valence-electron chi connectivity index (χ0n) is 7.58. The van der Waals surface area contributed by atoms with Crippen LogP contribution in [0.5, 0.6) is 0 Å². The molecule has 0 nitrogen and oxygen atoms in total. The van der Waals surface area contributed by atoms with Crippen LogP contribution in [0.1, 0.15) is 16.0 Å². The van der Waals surface area contributed by atoms with E-state index in [-0.39, 0.29) is 10.6 Å². The second-order valence-electron chi connectivity index (χ2n) is 3.10. The van der Waals surface area contributed by atoms with Crippen LogP contribution >= 0.6 is 43.2 Å². The molecular weight excluding hydrogens is 343 g/mol. The molecule has 78 valence electrons. The van der Waals surface area contributed by atoms with Gasteiger partial charge in [-0.2, -0.15) is 0 Å². The lowest BCUT2D eigenvalue weighted by Gasteiger charge is -2.07. The number of alkyl halides is 1. The number of rotatable bonds is 2. The Hall–Kier alpha value is -0.190. The third-order valence-corrected chi connectivity index (χ3v) is 4.62. The largest absolute Gasteiger partial charge is 0.207 e. The van der Waals surface area contributed by atoms with E-state index in [0.717, 1.165) is 9.35 Å². The summed E-state index contributed by atoms with van der Waals surface area (Å²) in [6.07, 6.45) is 0. The first-order chi connectivity index (χ1) is 7.16. The van der Waals surface area contributed by atoms with Crippen molar-refractivity contribution in [1.82, 2.24) is 0 Å². The molecule has 0 saturated carbocycles. The molecular formula is C11H7Br2FS. The van der Waals surface area contributed by atoms with Gasteiger partial charge in [0, 0.05) is 0 Å². The summed E-state index contributed by atoms with van der Waals surface area (Å²) in [6, 6.07) is 8.60. The molecule has 4 heteroatoms. The molecule has 0 aliphatic carbocycles. The van der Waals surface area contributed by atoms with Gasteiger partial charge in [0.2, 0.25) is 0 Å². The van der Waals surface area contributed by atoms with E-state index in [2.05, 4.69) is 43.3 Å². The van der Waals surface area contributed by atoms with E-state index < -0.39 is 0 Å². The Bertz CT molecular complexity index is 450. The van der Waals surface area contributed by atoms with Crippen molar-refractivity contribution in [3.05, 3.63) is 56.4 Å².